The van der Waals surface area contributed by atoms with Gasteiger partial charge in [-0.25, -0.2) is 0 Å². The SMILES string of the molecule is Cc1ccc2nc(CNC(C)C)ccc2c1Cl. The minimum absolute atomic E-state index is 0.467. The van der Waals surface area contributed by atoms with Crippen LogP contribution >= 0.6 is 11.6 Å². The van der Waals surface area contributed by atoms with Gasteiger partial charge in [-0.1, -0.05) is 31.5 Å². The van der Waals surface area contributed by atoms with Crippen molar-refractivity contribution in [2.75, 3.05) is 0 Å². The van der Waals surface area contributed by atoms with Crippen LogP contribution in [0.4, 0.5) is 0 Å². The predicted octanol–water partition coefficient (Wildman–Crippen LogP) is 3.69. The number of hydrogen-bond donors (Lipinski definition) is 1. The van der Waals surface area contributed by atoms with Crippen LogP contribution in [0, 0.1) is 6.92 Å². The molecular weight excluding hydrogens is 232 g/mol. The van der Waals surface area contributed by atoms with Crippen molar-refractivity contribution < 1.29 is 0 Å². The Balaban J connectivity index is 2.35. The Labute approximate surface area is 107 Å². The molecule has 0 atom stereocenters. The maximum atomic E-state index is 6.25. The molecule has 0 amide bonds. The second-order valence-corrected chi connectivity index (χ2v) is 4.98. The quantitative estimate of drug-likeness (QED) is 0.896. The third-order valence-electron chi connectivity index (χ3n) is 2.75. The number of hydrogen-bond acceptors (Lipinski definition) is 2. The van der Waals surface area contributed by atoms with Crippen LogP contribution in [0.25, 0.3) is 10.9 Å². The van der Waals surface area contributed by atoms with E-state index in [9.17, 15) is 0 Å². The molecule has 0 spiro atoms. The lowest BCUT2D eigenvalue weighted by Crippen LogP contribution is -2.22. The second kappa shape index (κ2) is 5.03. The van der Waals surface area contributed by atoms with E-state index in [2.05, 4.69) is 30.2 Å². The molecular formula is C14H17ClN2. The Bertz CT molecular complexity index is 535. The topological polar surface area (TPSA) is 24.9 Å². The zero-order valence-electron chi connectivity index (χ0n) is 10.4. The third kappa shape index (κ3) is 2.76. The highest BCUT2D eigenvalue weighted by molar-refractivity contribution is 6.36. The average Bonchev–Trinajstić information content (AvgIpc) is 2.31. The lowest BCUT2D eigenvalue weighted by atomic mass is 10.1. The van der Waals surface area contributed by atoms with Crippen LogP contribution in [0.2, 0.25) is 5.02 Å². The van der Waals surface area contributed by atoms with E-state index in [0.29, 0.717) is 6.04 Å². The summed E-state index contributed by atoms with van der Waals surface area (Å²) >= 11 is 6.25. The van der Waals surface area contributed by atoms with Gasteiger partial charge in [0.2, 0.25) is 0 Å². The largest absolute Gasteiger partial charge is 0.309 e. The van der Waals surface area contributed by atoms with E-state index in [0.717, 1.165) is 33.7 Å². The molecule has 90 valence electrons. The molecule has 0 aliphatic heterocycles. The summed E-state index contributed by atoms with van der Waals surface area (Å²) in [6.07, 6.45) is 0. The summed E-state index contributed by atoms with van der Waals surface area (Å²) in [5.74, 6) is 0. The first-order valence-corrected chi connectivity index (χ1v) is 6.24. The first-order chi connectivity index (χ1) is 8.08. The Morgan fingerprint density at radius 3 is 2.71 bits per heavy atom. The zero-order chi connectivity index (χ0) is 12.4. The first kappa shape index (κ1) is 12.3. The van der Waals surface area contributed by atoms with E-state index in [1.165, 1.54) is 0 Å². The number of benzene rings is 1. The van der Waals surface area contributed by atoms with Gasteiger partial charge in [0.1, 0.15) is 0 Å². The number of fused-ring (bicyclic) bond motifs is 1. The highest BCUT2D eigenvalue weighted by atomic mass is 35.5. The van der Waals surface area contributed by atoms with Gasteiger partial charge in [0, 0.05) is 18.0 Å². The van der Waals surface area contributed by atoms with Gasteiger partial charge >= 0.3 is 0 Å². The molecule has 0 fully saturated rings. The maximum absolute atomic E-state index is 6.25. The third-order valence-corrected chi connectivity index (χ3v) is 3.25. The molecule has 0 radical (unpaired) electrons. The van der Waals surface area contributed by atoms with Gasteiger partial charge in [0.05, 0.1) is 16.2 Å². The van der Waals surface area contributed by atoms with Gasteiger partial charge in [0.15, 0.2) is 0 Å². The lowest BCUT2D eigenvalue weighted by molar-refractivity contribution is 0.582. The van der Waals surface area contributed by atoms with Gasteiger partial charge in [-0.2, -0.15) is 0 Å². The van der Waals surface area contributed by atoms with E-state index in [1.807, 2.05) is 25.1 Å². The Morgan fingerprint density at radius 2 is 2.00 bits per heavy atom. The van der Waals surface area contributed by atoms with Crippen molar-refractivity contribution in [2.24, 2.45) is 0 Å². The summed E-state index contributed by atoms with van der Waals surface area (Å²) < 4.78 is 0. The molecule has 2 rings (SSSR count). The van der Waals surface area contributed by atoms with E-state index < -0.39 is 0 Å². The summed E-state index contributed by atoms with van der Waals surface area (Å²) in [4.78, 5) is 4.60. The molecule has 17 heavy (non-hydrogen) atoms. The van der Waals surface area contributed by atoms with Gasteiger partial charge in [-0.05, 0) is 30.7 Å². The summed E-state index contributed by atoms with van der Waals surface area (Å²) in [6, 6.07) is 8.58. The first-order valence-electron chi connectivity index (χ1n) is 5.86. The molecule has 2 aromatic rings. The van der Waals surface area contributed by atoms with Crippen molar-refractivity contribution in [1.29, 1.82) is 0 Å². The maximum Gasteiger partial charge on any atom is 0.0721 e. The number of pyridine rings is 1. The number of nitrogens with zero attached hydrogens (tertiary/aromatic N) is 1. The fourth-order valence-corrected chi connectivity index (χ4v) is 1.95. The Morgan fingerprint density at radius 1 is 1.24 bits per heavy atom. The van der Waals surface area contributed by atoms with E-state index in [4.69, 9.17) is 11.6 Å². The molecule has 0 saturated heterocycles. The molecule has 3 heteroatoms. The Hall–Kier alpha value is -1.12. The fourth-order valence-electron chi connectivity index (χ4n) is 1.73. The van der Waals surface area contributed by atoms with Gasteiger partial charge < -0.3 is 5.32 Å². The number of nitrogens with one attached hydrogen (secondary N) is 1. The smallest absolute Gasteiger partial charge is 0.0721 e. The standard InChI is InChI=1S/C14H17ClN2/c1-9(2)16-8-11-5-6-12-13(17-11)7-4-10(3)14(12)15/h4-7,9,16H,8H2,1-3H3. The van der Waals surface area contributed by atoms with Crippen molar-refractivity contribution in [3.8, 4) is 0 Å². The average molecular weight is 249 g/mol. The minimum atomic E-state index is 0.467. The van der Waals surface area contributed by atoms with E-state index in [-0.39, 0.29) is 0 Å². The van der Waals surface area contributed by atoms with Crippen LogP contribution in [0.5, 0.6) is 0 Å². The molecule has 0 saturated carbocycles. The predicted molar refractivity (Wildman–Crippen MR) is 73.5 cm³/mol. The summed E-state index contributed by atoms with van der Waals surface area (Å²) in [5.41, 5.74) is 3.10. The molecule has 1 aromatic heterocycles. The lowest BCUT2D eigenvalue weighted by Gasteiger charge is -2.09. The van der Waals surface area contributed by atoms with E-state index >= 15 is 0 Å². The van der Waals surface area contributed by atoms with Crippen LogP contribution in [0.3, 0.4) is 0 Å². The van der Waals surface area contributed by atoms with Gasteiger partial charge in [0.25, 0.3) is 0 Å². The molecule has 1 aromatic carbocycles. The molecule has 0 aliphatic carbocycles. The molecule has 0 unspecified atom stereocenters. The molecule has 1 heterocycles. The number of rotatable bonds is 3. The minimum Gasteiger partial charge on any atom is -0.309 e. The van der Waals surface area contributed by atoms with Crippen LogP contribution in [0.15, 0.2) is 24.3 Å². The Kier molecular flexibility index (Phi) is 3.65. The summed E-state index contributed by atoms with van der Waals surface area (Å²) in [5, 5.41) is 5.19. The number of aryl methyl sites for hydroxylation is 1. The van der Waals surface area contributed by atoms with Crippen molar-refractivity contribution in [3.05, 3.63) is 40.5 Å². The van der Waals surface area contributed by atoms with Crippen molar-refractivity contribution in [2.45, 2.75) is 33.4 Å². The monoisotopic (exact) mass is 248 g/mol. The normalized spacial score (nSPS) is 11.4. The molecule has 0 bridgehead atoms. The van der Waals surface area contributed by atoms with Crippen molar-refractivity contribution in [3.63, 3.8) is 0 Å². The number of aromatic nitrogens is 1. The van der Waals surface area contributed by atoms with Crippen LogP contribution in [-0.4, -0.2) is 11.0 Å². The highest BCUT2D eigenvalue weighted by Gasteiger charge is 2.04. The van der Waals surface area contributed by atoms with Crippen molar-refractivity contribution >= 4 is 22.5 Å². The van der Waals surface area contributed by atoms with E-state index in [1.54, 1.807) is 0 Å². The highest BCUT2D eigenvalue weighted by Crippen LogP contribution is 2.25. The summed E-state index contributed by atoms with van der Waals surface area (Å²) in [6.45, 7) is 7.05. The van der Waals surface area contributed by atoms with Crippen LogP contribution in [0.1, 0.15) is 25.1 Å². The fraction of sp³-hybridized carbons (Fsp3) is 0.357. The molecule has 0 aliphatic rings. The number of halogens is 1. The van der Waals surface area contributed by atoms with Crippen molar-refractivity contribution in [1.82, 2.24) is 10.3 Å². The van der Waals surface area contributed by atoms with Crippen LogP contribution < -0.4 is 5.32 Å². The van der Waals surface area contributed by atoms with Crippen LogP contribution in [-0.2, 0) is 6.54 Å². The molecule has 2 nitrogen and oxygen atoms in total. The van der Waals surface area contributed by atoms with Gasteiger partial charge in [-0.3, -0.25) is 4.98 Å². The summed E-state index contributed by atoms with van der Waals surface area (Å²) in [7, 11) is 0. The second-order valence-electron chi connectivity index (χ2n) is 4.60. The van der Waals surface area contributed by atoms with Gasteiger partial charge in [-0.15, -0.1) is 0 Å². The molecule has 1 N–H and O–H groups in total. The zero-order valence-corrected chi connectivity index (χ0v) is 11.2.